The number of ketones is 1. The first kappa shape index (κ1) is 16.3. The van der Waals surface area contributed by atoms with Crippen molar-refractivity contribution in [1.29, 1.82) is 0 Å². The third kappa shape index (κ3) is 2.76. The minimum Gasteiger partial charge on any atom is -0.393 e. The highest BCUT2D eigenvalue weighted by Gasteiger charge is 2.45. The molecule has 2 N–H and O–H groups in total. The molecule has 1 aromatic rings. The fourth-order valence-corrected chi connectivity index (χ4v) is 4.02. The number of pyridine rings is 1. The molecule has 5 heteroatoms. The summed E-state index contributed by atoms with van der Waals surface area (Å²) >= 11 is 0. The summed E-state index contributed by atoms with van der Waals surface area (Å²) in [5.41, 5.74) is 3.87. The van der Waals surface area contributed by atoms with Crippen molar-refractivity contribution in [3.63, 3.8) is 0 Å². The van der Waals surface area contributed by atoms with Gasteiger partial charge in [-0.3, -0.25) is 9.78 Å². The maximum atomic E-state index is 12.5. The Bertz CT molecular complexity index is 792. The molecule has 4 rings (SSSR count). The number of fused-ring (bicyclic) bond motifs is 1. The van der Waals surface area contributed by atoms with Crippen LogP contribution in [-0.4, -0.2) is 45.6 Å². The zero-order chi connectivity index (χ0) is 17.6. The van der Waals surface area contributed by atoms with E-state index in [1.807, 2.05) is 0 Å². The quantitative estimate of drug-likeness (QED) is 0.816. The van der Waals surface area contributed by atoms with E-state index < -0.39 is 12.7 Å². The topological polar surface area (TPSA) is 73.7 Å². The predicted octanol–water partition coefficient (Wildman–Crippen LogP) is 1.45. The number of nitrogens with zero attached hydrogens (tertiary/aromatic N) is 2. The van der Waals surface area contributed by atoms with Crippen molar-refractivity contribution in [2.45, 2.75) is 38.2 Å². The van der Waals surface area contributed by atoms with Crippen LogP contribution in [0.1, 0.15) is 48.6 Å². The molecule has 2 fully saturated rings. The van der Waals surface area contributed by atoms with E-state index in [-0.39, 0.29) is 12.2 Å². The van der Waals surface area contributed by atoms with Gasteiger partial charge in [0.25, 0.3) is 0 Å². The van der Waals surface area contributed by atoms with Crippen LogP contribution < -0.4 is 0 Å². The highest BCUT2D eigenvalue weighted by Crippen LogP contribution is 2.54. The summed E-state index contributed by atoms with van der Waals surface area (Å²) in [7, 11) is 0. The van der Waals surface area contributed by atoms with Crippen molar-refractivity contribution in [2.75, 3.05) is 19.7 Å². The zero-order valence-electron chi connectivity index (χ0n) is 14.2. The third-order valence-electron chi connectivity index (χ3n) is 5.89. The standard InChI is InChI=1S/C20H22N2O3/c1-2-14-17(24)9-13-11-21-16(18(25)12-23)10-15(13)19(14)22-7-5-20(3-4-20)6-8-22/h1,10-11,18,23,25H,3-9,12H2. The average molecular weight is 338 g/mol. The van der Waals surface area contributed by atoms with Crippen LogP contribution in [0.4, 0.5) is 0 Å². The highest BCUT2D eigenvalue weighted by molar-refractivity contribution is 6.10. The fourth-order valence-electron chi connectivity index (χ4n) is 4.02. The van der Waals surface area contributed by atoms with Crippen molar-refractivity contribution in [3.05, 3.63) is 34.7 Å². The normalized spacial score (nSPS) is 22.6. The number of aliphatic hydroxyl groups excluding tert-OH is 2. The molecule has 1 atom stereocenters. The molecule has 25 heavy (non-hydrogen) atoms. The number of carbonyl (C=O) groups is 1. The first-order valence-corrected chi connectivity index (χ1v) is 8.84. The second kappa shape index (κ2) is 5.98. The lowest BCUT2D eigenvalue weighted by molar-refractivity contribution is -0.114. The number of carbonyl (C=O) groups excluding carboxylic acids is 1. The Kier molecular flexibility index (Phi) is 3.90. The predicted molar refractivity (Wildman–Crippen MR) is 93.2 cm³/mol. The molecule has 2 heterocycles. The molecular formula is C20H22N2O3. The number of hydrogen-bond acceptors (Lipinski definition) is 5. The molecular weight excluding hydrogens is 316 g/mol. The molecule has 130 valence electrons. The lowest BCUT2D eigenvalue weighted by Crippen LogP contribution is -2.36. The summed E-state index contributed by atoms with van der Waals surface area (Å²) < 4.78 is 0. The van der Waals surface area contributed by atoms with Crippen LogP contribution in [-0.2, 0) is 11.2 Å². The third-order valence-corrected chi connectivity index (χ3v) is 5.89. The molecule has 1 saturated heterocycles. The van der Waals surface area contributed by atoms with Gasteiger partial charge in [-0.05, 0) is 42.7 Å². The summed E-state index contributed by atoms with van der Waals surface area (Å²) in [5, 5.41) is 19.1. The first-order valence-electron chi connectivity index (χ1n) is 8.84. The van der Waals surface area contributed by atoms with E-state index in [4.69, 9.17) is 6.42 Å². The lowest BCUT2D eigenvalue weighted by Gasteiger charge is -2.38. The molecule has 0 amide bonds. The van der Waals surface area contributed by atoms with Gasteiger partial charge >= 0.3 is 0 Å². The molecule has 0 aromatic carbocycles. The number of rotatable bonds is 3. The molecule has 1 unspecified atom stereocenters. The van der Waals surface area contributed by atoms with Crippen molar-refractivity contribution < 1.29 is 15.0 Å². The average Bonchev–Trinajstić information content (AvgIpc) is 3.39. The summed E-state index contributed by atoms with van der Waals surface area (Å²) in [4.78, 5) is 18.9. The van der Waals surface area contributed by atoms with Crippen molar-refractivity contribution in [2.24, 2.45) is 5.41 Å². The van der Waals surface area contributed by atoms with E-state index >= 15 is 0 Å². The molecule has 0 radical (unpaired) electrons. The van der Waals surface area contributed by atoms with Gasteiger partial charge in [0, 0.05) is 31.3 Å². The SMILES string of the molecule is C#CC1=C(N2CCC3(CC2)CC3)c2cc(C(O)CO)ncc2CC1=O. The number of likely N-dealkylation sites (tertiary alicyclic amines) is 1. The van der Waals surface area contributed by atoms with Crippen LogP contribution in [0.25, 0.3) is 5.70 Å². The Morgan fingerprint density at radius 1 is 1.32 bits per heavy atom. The van der Waals surface area contributed by atoms with Gasteiger partial charge in [0.1, 0.15) is 6.10 Å². The van der Waals surface area contributed by atoms with Crippen LogP contribution in [0.15, 0.2) is 17.8 Å². The fraction of sp³-hybridized carbons (Fsp3) is 0.500. The van der Waals surface area contributed by atoms with E-state index in [2.05, 4.69) is 15.8 Å². The molecule has 0 bridgehead atoms. The Balaban J connectivity index is 1.76. The monoisotopic (exact) mass is 338 g/mol. The van der Waals surface area contributed by atoms with Gasteiger partial charge in [0.2, 0.25) is 0 Å². The number of aliphatic hydroxyl groups is 2. The van der Waals surface area contributed by atoms with E-state index in [1.165, 1.54) is 12.8 Å². The van der Waals surface area contributed by atoms with Crippen LogP contribution in [0, 0.1) is 17.8 Å². The Morgan fingerprint density at radius 2 is 2.04 bits per heavy atom. The maximum Gasteiger partial charge on any atom is 0.177 e. The van der Waals surface area contributed by atoms with Gasteiger partial charge in [-0.25, -0.2) is 0 Å². The second-order valence-electron chi connectivity index (χ2n) is 7.42. The Hall–Kier alpha value is -2.16. The molecule has 5 nitrogen and oxygen atoms in total. The number of allylic oxidation sites excluding steroid dienone is 1. The molecule has 1 aliphatic heterocycles. The molecule has 1 aromatic heterocycles. The molecule has 1 saturated carbocycles. The summed E-state index contributed by atoms with van der Waals surface area (Å²) in [6.45, 7) is 1.40. The zero-order valence-corrected chi connectivity index (χ0v) is 14.2. The van der Waals surface area contributed by atoms with Gasteiger partial charge in [-0.2, -0.15) is 0 Å². The summed E-state index contributed by atoms with van der Waals surface area (Å²) in [6, 6.07) is 1.77. The molecule has 1 spiro atoms. The van der Waals surface area contributed by atoms with Crippen LogP contribution in [0.3, 0.4) is 0 Å². The molecule has 3 aliphatic rings. The number of aromatic nitrogens is 1. The van der Waals surface area contributed by atoms with Gasteiger partial charge in [-0.15, -0.1) is 6.42 Å². The number of hydrogen-bond donors (Lipinski definition) is 2. The summed E-state index contributed by atoms with van der Waals surface area (Å²) in [6.07, 6.45) is 11.4. The van der Waals surface area contributed by atoms with E-state index in [0.717, 1.165) is 42.8 Å². The minimum atomic E-state index is -1.03. The summed E-state index contributed by atoms with van der Waals surface area (Å²) in [5.74, 6) is 2.55. The highest BCUT2D eigenvalue weighted by atomic mass is 16.3. The lowest BCUT2D eigenvalue weighted by atomic mass is 9.86. The van der Waals surface area contributed by atoms with Crippen molar-refractivity contribution in [1.82, 2.24) is 9.88 Å². The van der Waals surface area contributed by atoms with E-state index in [9.17, 15) is 15.0 Å². The van der Waals surface area contributed by atoms with Crippen LogP contribution >= 0.6 is 0 Å². The maximum absolute atomic E-state index is 12.5. The van der Waals surface area contributed by atoms with Gasteiger partial charge in [0.05, 0.1) is 23.6 Å². The second-order valence-corrected chi connectivity index (χ2v) is 7.42. The number of piperidine rings is 1. The Labute approximate surface area is 147 Å². The molecule has 2 aliphatic carbocycles. The van der Waals surface area contributed by atoms with Crippen LogP contribution in [0.2, 0.25) is 0 Å². The Morgan fingerprint density at radius 3 is 2.64 bits per heavy atom. The number of terminal acetylenes is 1. The van der Waals surface area contributed by atoms with Crippen molar-refractivity contribution >= 4 is 11.5 Å². The van der Waals surface area contributed by atoms with Crippen molar-refractivity contribution in [3.8, 4) is 12.3 Å². The minimum absolute atomic E-state index is 0.0473. The van der Waals surface area contributed by atoms with E-state index in [0.29, 0.717) is 16.7 Å². The van der Waals surface area contributed by atoms with Gasteiger partial charge < -0.3 is 15.1 Å². The van der Waals surface area contributed by atoms with Gasteiger partial charge in [0.15, 0.2) is 5.78 Å². The smallest absolute Gasteiger partial charge is 0.177 e. The largest absolute Gasteiger partial charge is 0.393 e. The first-order chi connectivity index (χ1) is 12.1. The van der Waals surface area contributed by atoms with Crippen LogP contribution in [0.5, 0.6) is 0 Å². The van der Waals surface area contributed by atoms with Gasteiger partial charge in [-0.1, -0.05) is 5.92 Å². The van der Waals surface area contributed by atoms with E-state index in [1.54, 1.807) is 12.3 Å². The number of Topliss-reactive ketones (excluding diaryl/α,β-unsaturated/α-hetero) is 1.